The monoisotopic (exact) mass is 384 g/mol. The number of hydrogen-bond acceptors (Lipinski definition) is 7. The number of nitriles is 2. The Hall–Kier alpha value is -3.91. The molecule has 144 valence electrons. The smallest absolute Gasteiger partial charge is 0.170 e. The van der Waals surface area contributed by atoms with Crippen LogP contribution in [0.1, 0.15) is 43.9 Å². The van der Waals surface area contributed by atoms with Crippen LogP contribution in [0.2, 0.25) is 0 Å². The van der Waals surface area contributed by atoms with Crippen molar-refractivity contribution in [3.05, 3.63) is 35.5 Å². The van der Waals surface area contributed by atoms with Crippen LogP contribution in [-0.4, -0.2) is 26.1 Å². The molecule has 29 heavy (non-hydrogen) atoms. The highest BCUT2D eigenvalue weighted by Gasteiger charge is 2.21. The molecule has 0 fully saturated rings. The molecule has 0 saturated carbocycles. The molecule has 0 spiro atoms. The topological polar surface area (TPSA) is 129 Å². The van der Waals surface area contributed by atoms with Crippen LogP contribution in [0.3, 0.4) is 0 Å². The summed E-state index contributed by atoms with van der Waals surface area (Å²) in [5.74, 6) is 0.672. The highest BCUT2D eigenvalue weighted by atomic mass is 15.3. The molecular weight excluding hydrogens is 364 g/mol. The van der Waals surface area contributed by atoms with E-state index in [4.69, 9.17) is 10.7 Å². The number of fused-ring (bicyclic) bond motifs is 5. The van der Waals surface area contributed by atoms with Crippen molar-refractivity contribution < 1.29 is 0 Å². The maximum atomic E-state index is 9.63. The van der Waals surface area contributed by atoms with Crippen LogP contribution in [0.4, 0.5) is 11.6 Å². The van der Waals surface area contributed by atoms with E-state index in [9.17, 15) is 10.5 Å². The van der Waals surface area contributed by atoms with Crippen molar-refractivity contribution in [2.45, 2.75) is 32.6 Å². The van der Waals surface area contributed by atoms with E-state index in [-0.39, 0.29) is 17.1 Å². The molecule has 0 aliphatic rings. The summed E-state index contributed by atoms with van der Waals surface area (Å²) in [6.07, 6.45) is 4.54. The Labute approximate surface area is 167 Å². The minimum atomic E-state index is 0.0143. The molecule has 8 nitrogen and oxygen atoms in total. The Morgan fingerprint density at radius 2 is 1.93 bits per heavy atom. The Morgan fingerprint density at radius 1 is 1.10 bits per heavy atom. The Kier molecular flexibility index (Phi) is 4.84. The third-order valence-electron chi connectivity index (χ3n) is 4.96. The van der Waals surface area contributed by atoms with E-state index in [0.29, 0.717) is 22.4 Å². The molecule has 4 aromatic rings. The first-order valence-corrected chi connectivity index (χ1v) is 9.64. The van der Waals surface area contributed by atoms with Crippen LogP contribution in [0.15, 0.2) is 24.3 Å². The molecule has 3 N–H and O–H groups in total. The Balaban J connectivity index is 1.98. The molecule has 0 unspecified atom stereocenters. The summed E-state index contributed by atoms with van der Waals surface area (Å²) in [6, 6.07) is 11.7. The number of nitrogen functional groups attached to an aromatic ring is 1. The third kappa shape index (κ3) is 3.05. The summed E-state index contributed by atoms with van der Waals surface area (Å²) < 4.78 is 1.40. The quantitative estimate of drug-likeness (QED) is 0.484. The number of hydrogen-bond donors (Lipinski definition) is 2. The van der Waals surface area contributed by atoms with Gasteiger partial charge in [0.1, 0.15) is 34.9 Å². The summed E-state index contributed by atoms with van der Waals surface area (Å²) in [5, 5.41) is 28.6. The Morgan fingerprint density at radius 3 is 2.69 bits per heavy atom. The van der Waals surface area contributed by atoms with Crippen molar-refractivity contribution in [3.63, 3.8) is 0 Å². The fourth-order valence-electron chi connectivity index (χ4n) is 3.52. The van der Waals surface area contributed by atoms with Gasteiger partial charge in [0.25, 0.3) is 0 Å². The number of anilines is 2. The number of nitrogens with two attached hydrogens (primary N) is 1. The van der Waals surface area contributed by atoms with Crippen molar-refractivity contribution >= 4 is 39.1 Å². The number of benzene rings is 1. The summed E-state index contributed by atoms with van der Waals surface area (Å²) in [4.78, 5) is 9.17. The van der Waals surface area contributed by atoms with Crippen molar-refractivity contribution in [1.82, 2.24) is 19.6 Å². The summed E-state index contributed by atoms with van der Waals surface area (Å²) in [6.45, 7) is 2.95. The molecule has 0 aliphatic heterocycles. The van der Waals surface area contributed by atoms with E-state index in [1.54, 1.807) is 0 Å². The molecule has 3 aromatic heterocycles. The highest BCUT2D eigenvalue weighted by molar-refractivity contribution is 6.13. The van der Waals surface area contributed by atoms with Gasteiger partial charge in [-0.2, -0.15) is 15.6 Å². The Bertz CT molecular complexity index is 1310. The van der Waals surface area contributed by atoms with E-state index in [1.165, 1.54) is 17.4 Å². The molecule has 1 aromatic carbocycles. The molecule has 3 heterocycles. The maximum Gasteiger partial charge on any atom is 0.170 e. The molecular formula is C21H20N8. The van der Waals surface area contributed by atoms with Crippen LogP contribution in [-0.2, 0) is 0 Å². The third-order valence-corrected chi connectivity index (χ3v) is 4.96. The number of aromatic nitrogens is 4. The lowest BCUT2D eigenvalue weighted by molar-refractivity contribution is 0.684. The lowest BCUT2D eigenvalue weighted by atomic mass is 10.1. The molecule has 0 saturated heterocycles. The predicted octanol–water partition coefficient (Wildman–Crippen LogP) is 3.75. The minimum absolute atomic E-state index is 0.0143. The van der Waals surface area contributed by atoms with Crippen molar-refractivity contribution in [2.24, 2.45) is 0 Å². The molecule has 0 aliphatic carbocycles. The first kappa shape index (κ1) is 18.5. The summed E-state index contributed by atoms with van der Waals surface area (Å²) in [5.41, 5.74) is 7.96. The minimum Gasteiger partial charge on any atom is -0.382 e. The lowest BCUT2D eigenvalue weighted by Crippen LogP contribution is -2.06. The average molecular weight is 384 g/mol. The highest BCUT2D eigenvalue weighted by Crippen LogP contribution is 2.33. The van der Waals surface area contributed by atoms with Crippen molar-refractivity contribution in [1.29, 1.82) is 10.5 Å². The van der Waals surface area contributed by atoms with Crippen LogP contribution in [0, 0.1) is 22.7 Å². The SMILES string of the molecule is CCCCCCNc1nc2ccccc2c2nn3c(C#N)c(C#N)c(N)nc3c12. The molecule has 8 heteroatoms. The number of pyridine rings is 1. The second-order valence-electron chi connectivity index (χ2n) is 6.87. The molecule has 0 bridgehead atoms. The van der Waals surface area contributed by atoms with E-state index >= 15 is 0 Å². The van der Waals surface area contributed by atoms with Crippen molar-refractivity contribution in [2.75, 3.05) is 17.6 Å². The number of nitrogens with one attached hydrogen (secondary N) is 1. The van der Waals surface area contributed by atoms with Crippen molar-refractivity contribution in [3.8, 4) is 12.1 Å². The fraction of sp³-hybridized carbons (Fsp3) is 0.286. The van der Waals surface area contributed by atoms with Crippen LogP contribution in [0.25, 0.3) is 27.5 Å². The molecule has 0 atom stereocenters. The predicted molar refractivity (Wildman–Crippen MR) is 112 cm³/mol. The van der Waals surface area contributed by atoms with Crippen LogP contribution < -0.4 is 11.1 Å². The van der Waals surface area contributed by atoms with Crippen LogP contribution in [0.5, 0.6) is 0 Å². The largest absolute Gasteiger partial charge is 0.382 e. The van der Waals surface area contributed by atoms with Gasteiger partial charge < -0.3 is 11.1 Å². The molecule has 0 amide bonds. The number of nitrogens with zero attached hydrogens (tertiary/aromatic N) is 6. The van der Waals surface area contributed by atoms with Gasteiger partial charge in [-0.15, -0.1) is 0 Å². The van der Waals surface area contributed by atoms with Gasteiger partial charge >= 0.3 is 0 Å². The average Bonchev–Trinajstić information content (AvgIpc) is 3.12. The zero-order chi connectivity index (χ0) is 20.4. The van der Waals surface area contributed by atoms with E-state index in [0.717, 1.165) is 30.3 Å². The van der Waals surface area contributed by atoms with Gasteiger partial charge in [0.2, 0.25) is 0 Å². The number of unbranched alkanes of at least 4 members (excludes halogenated alkanes) is 3. The zero-order valence-corrected chi connectivity index (χ0v) is 16.1. The normalized spacial score (nSPS) is 11.0. The standard InChI is InChI=1S/C21H20N8/c1-2-3-4-7-10-25-20-17-18(13-8-5-6-9-15(13)26-20)28-29-16(12-23)14(11-22)19(24)27-21(17)29/h5-6,8-9H,2-4,7,10H2,1H3,(H2,24,27)(H,25,26). The summed E-state index contributed by atoms with van der Waals surface area (Å²) in [7, 11) is 0. The van der Waals surface area contributed by atoms with Gasteiger partial charge in [0, 0.05) is 11.9 Å². The van der Waals surface area contributed by atoms with Gasteiger partial charge in [-0.3, -0.25) is 0 Å². The second-order valence-corrected chi connectivity index (χ2v) is 6.87. The maximum absolute atomic E-state index is 9.63. The zero-order valence-electron chi connectivity index (χ0n) is 16.1. The first-order chi connectivity index (χ1) is 14.2. The lowest BCUT2D eigenvalue weighted by Gasteiger charge is -2.09. The number of para-hydroxylation sites is 1. The molecule has 0 radical (unpaired) electrons. The summed E-state index contributed by atoms with van der Waals surface area (Å²) >= 11 is 0. The van der Waals surface area contributed by atoms with Crippen LogP contribution >= 0.6 is 0 Å². The van der Waals surface area contributed by atoms with E-state index in [2.05, 4.69) is 22.3 Å². The number of rotatable bonds is 6. The second kappa shape index (κ2) is 7.61. The van der Waals surface area contributed by atoms with Gasteiger partial charge in [-0.25, -0.2) is 14.5 Å². The van der Waals surface area contributed by atoms with E-state index < -0.39 is 0 Å². The van der Waals surface area contributed by atoms with Gasteiger partial charge in [0.15, 0.2) is 11.3 Å². The fourth-order valence-corrected chi connectivity index (χ4v) is 3.52. The van der Waals surface area contributed by atoms with Gasteiger partial charge in [-0.1, -0.05) is 44.4 Å². The first-order valence-electron chi connectivity index (χ1n) is 9.64. The molecule has 4 rings (SSSR count). The van der Waals surface area contributed by atoms with Gasteiger partial charge in [0.05, 0.1) is 10.9 Å². The van der Waals surface area contributed by atoms with Gasteiger partial charge in [-0.05, 0) is 12.5 Å². The van der Waals surface area contributed by atoms with E-state index in [1.807, 2.05) is 36.4 Å².